The molecule has 0 aromatic carbocycles. The molecule has 1 N–H and O–H groups in total. The molecule has 90 valence electrons. The number of aliphatic carboxylic acids is 1. The van der Waals surface area contributed by atoms with E-state index in [0.717, 1.165) is 6.42 Å². The van der Waals surface area contributed by atoms with Crippen LogP contribution in [0.5, 0.6) is 0 Å². The molecule has 16 heavy (non-hydrogen) atoms. The molecule has 0 radical (unpaired) electrons. The molecule has 0 saturated carbocycles. The highest BCUT2D eigenvalue weighted by atomic mass is 16.4. The van der Waals surface area contributed by atoms with Crippen LogP contribution in [0.4, 0.5) is 0 Å². The predicted octanol–water partition coefficient (Wildman–Crippen LogP) is 3.11. The van der Waals surface area contributed by atoms with Gasteiger partial charge in [0.15, 0.2) is 0 Å². The van der Waals surface area contributed by atoms with Crippen LogP contribution in [0.25, 0.3) is 0 Å². The Hall–Kier alpha value is -1.38. The Morgan fingerprint density at radius 3 is 2.00 bits per heavy atom. The van der Waals surface area contributed by atoms with E-state index in [1.54, 1.807) is 6.08 Å². The predicted molar refractivity (Wildman–Crippen MR) is 64.3 cm³/mol. The van der Waals surface area contributed by atoms with E-state index in [1.165, 1.54) is 12.5 Å². The minimum atomic E-state index is -0.884. The van der Waals surface area contributed by atoms with E-state index in [9.17, 15) is 9.59 Å². The molecule has 0 aliphatic rings. The Kier molecular flexibility index (Phi) is 7.18. The zero-order chi connectivity index (χ0) is 12.6. The van der Waals surface area contributed by atoms with Gasteiger partial charge in [-0.1, -0.05) is 17.7 Å². The van der Waals surface area contributed by atoms with Gasteiger partial charge >= 0.3 is 5.97 Å². The van der Waals surface area contributed by atoms with Crippen LogP contribution in [-0.4, -0.2) is 16.9 Å². The molecule has 0 aliphatic heterocycles. The second-order valence-corrected chi connectivity index (χ2v) is 4.10. The number of hydrogen-bond acceptors (Lipinski definition) is 2. The molecule has 0 aromatic rings. The molecule has 3 heteroatoms. The maximum atomic E-state index is 10.9. The highest BCUT2D eigenvalue weighted by molar-refractivity contribution is 5.86. The summed E-state index contributed by atoms with van der Waals surface area (Å²) in [6, 6.07) is 0. The normalized spacial score (nSPS) is 11.1. The molecule has 3 nitrogen and oxygen atoms in total. The highest BCUT2D eigenvalue weighted by Gasteiger charge is 2.05. The fraction of sp³-hybridized carbons (Fsp3) is 0.538. The van der Waals surface area contributed by atoms with E-state index in [1.807, 2.05) is 19.9 Å². The Balaban J connectivity index is 4.22. The van der Waals surface area contributed by atoms with Crippen LogP contribution in [-0.2, 0) is 9.59 Å². The van der Waals surface area contributed by atoms with Crippen LogP contribution < -0.4 is 0 Å². The number of ketones is 1. The van der Waals surface area contributed by atoms with Crippen LogP contribution in [0.3, 0.4) is 0 Å². The second kappa shape index (κ2) is 7.85. The monoisotopic (exact) mass is 224 g/mol. The second-order valence-electron chi connectivity index (χ2n) is 4.10. The number of Topliss-reactive ketones (excluding diaryl/α,β-unsaturated/α-hetero) is 1. The minimum absolute atomic E-state index is 0.0882. The number of carbonyl (C=O) groups excluding carboxylic acids is 1. The smallest absolute Gasteiger partial charge is 0.331 e. The first-order valence-corrected chi connectivity index (χ1v) is 5.48. The fourth-order valence-electron chi connectivity index (χ4n) is 1.26. The van der Waals surface area contributed by atoms with E-state index in [0.29, 0.717) is 24.8 Å². The van der Waals surface area contributed by atoms with Crippen molar-refractivity contribution in [1.29, 1.82) is 0 Å². The summed E-state index contributed by atoms with van der Waals surface area (Å²) in [4.78, 5) is 21.6. The molecule has 0 atom stereocenters. The van der Waals surface area contributed by atoms with Crippen molar-refractivity contribution in [3.63, 3.8) is 0 Å². The molecule has 0 aliphatic carbocycles. The molecule has 0 bridgehead atoms. The first-order chi connectivity index (χ1) is 7.43. The van der Waals surface area contributed by atoms with E-state index in [4.69, 9.17) is 5.11 Å². The number of rotatable bonds is 7. The number of allylic oxidation sites excluding steroid dienone is 3. The molecule has 0 rings (SSSR count). The van der Waals surface area contributed by atoms with Crippen LogP contribution in [0.2, 0.25) is 0 Å². The van der Waals surface area contributed by atoms with Crippen LogP contribution in [0, 0.1) is 0 Å². The zero-order valence-electron chi connectivity index (χ0n) is 10.2. The molecule has 0 amide bonds. The van der Waals surface area contributed by atoms with Gasteiger partial charge < -0.3 is 9.90 Å². The summed E-state index contributed by atoms with van der Waals surface area (Å²) in [7, 11) is 0. The summed E-state index contributed by atoms with van der Waals surface area (Å²) in [5.74, 6) is -0.795. The lowest BCUT2D eigenvalue weighted by molar-refractivity contribution is -0.132. The van der Waals surface area contributed by atoms with E-state index < -0.39 is 5.97 Å². The maximum absolute atomic E-state index is 10.9. The third kappa shape index (κ3) is 7.97. The number of carbonyl (C=O) groups is 2. The van der Waals surface area contributed by atoms with Crippen molar-refractivity contribution in [2.24, 2.45) is 0 Å². The molecule has 0 aromatic heterocycles. The quantitative estimate of drug-likeness (QED) is 0.534. The standard InChI is InChI=1S/C13H20O3/c1-10(2)6-4-8-12(13(15)16)9-5-7-11(3)14/h6,9H,4-5,7-8H2,1-3H3,(H,15,16)/b12-9-. The van der Waals surface area contributed by atoms with Crippen molar-refractivity contribution >= 4 is 11.8 Å². The van der Waals surface area contributed by atoms with Gasteiger partial charge in [0.25, 0.3) is 0 Å². The summed E-state index contributed by atoms with van der Waals surface area (Å²) >= 11 is 0. The van der Waals surface area contributed by atoms with Gasteiger partial charge in [-0.15, -0.1) is 0 Å². The Morgan fingerprint density at radius 2 is 1.56 bits per heavy atom. The SMILES string of the molecule is CC(=O)CC/C=C(/CCC=C(C)C)C(=O)O. The topological polar surface area (TPSA) is 54.4 Å². The first kappa shape index (κ1) is 14.6. The largest absolute Gasteiger partial charge is 0.478 e. The van der Waals surface area contributed by atoms with Crippen molar-refractivity contribution in [1.82, 2.24) is 0 Å². The fourth-order valence-corrected chi connectivity index (χ4v) is 1.26. The summed E-state index contributed by atoms with van der Waals surface area (Å²) in [5.41, 5.74) is 1.59. The lowest BCUT2D eigenvalue weighted by atomic mass is 10.1. The van der Waals surface area contributed by atoms with Crippen molar-refractivity contribution in [3.8, 4) is 0 Å². The van der Waals surface area contributed by atoms with Crippen LogP contribution in [0.1, 0.15) is 46.5 Å². The van der Waals surface area contributed by atoms with Crippen LogP contribution in [0.15, 0.2) is 23.3 Å². The molecule has 0 spiro atoms. The Bertz CT molecular complexity index is 307. The van der Waals surface area contributed by atoms with Gasteiger partial charge in [-0.25, -0.2) is 4.79 Å². The van der Waals surface area contributed by atoms with Gasteiger partial charge in [0.1, 0.15) is 5.78 Å². The maximum Gasteiger partial charge on any atom is 0.331 e. The number of carboxylic acid groups (broad SMARTS) is 1. The highest BCUT2D eigenvalue weighted by Crippen LogP contribution is 2.10. The van der Waals surface area contributed by atoms with Gasteiger partial charge in [-0.3, -0.25) is 0 Å². The van der Waals surface area contributed by atoms with Gasteiger partial charge in [-0.2, -0.15) is 0 Å². The average molecular weight is 224 g/mol. The molecule has 0 heterocycles. The molecule has 0 saturated heterocycles. The summed E-state index contributed by atoms with van der Waals surface area (Å²) in [6.07, 6.45) is 5.87. The third-order valence-corrected chi connectivity index (χ3v) is 2.13. The van der Waals surface area contributed by atoms with E-state index in [2.05, 4.69) is 0 Å². The summed E-state index contributed by atoms with van der Waals surface area (Å²) in [5, 5.41) is 8.93. The average Bonchev–Trinajstić information content (AvgIpc) is 2.14. The lowest BCUT2D eigenvalue weighted by Crippen LogP contribution is -2.01. The van der Waals surface area contributed by atoms with Crippen LogP contribution >= 0.6 is 0 Å². The van der Waals surface area contributed by atoms with Gasteiger partial charge in [0.2, 0.25) is 0 Å². The van der Waals surface area contributed by atoms with Crippen molar-refractivity contribution < 1.29 is 14.7 Å². The van der Waals surface area contributed by atoms with Gasteiger partial charge in [-0.05, 0) is 40.0 Å². The third-order valence-electron chi connectivity index (χ3n) is 2.13. The Morgan fingerprint density at radius 1 is 1.00 bits per heavy atom. The van der Waals surface area contributed by atoms with Gasteiger partial charge in [0, 0.05) is 12.0 Å². The summed E-state index contributed by atoms with van der Waals surface area (Å²) < 4.78 is 0. The number of hydrogen-bond donors (Lipinski definition) is 1. The molecule has 0 fully saturated rings. The zero-order valence-corrected chi connectivity index (χ0v) is 10.2. The molecular formula is C13H20O3. The van der Waals surface area contributed by atoms with E-state index in [-0.39, 0.29) is 5.78 Å². The Labute approximate surface area is 96.9 Å². The number of carboxylic acids is 1. The molecular weight excluding hydrogens is 204 g/mol. The van der Waals surface area contributed by atoms with E-state index >= 15 is 0 Å². The van der Waals surface area contributed by atoms with Gasteiger partial charge in [0.05, 0.1) is 0 Å². The van der Waals surface area contributed by atoms with Crippen molar-refractivity contribution in [3.05, 3.63) is 23.3 Å². The van der Waals surface area contributed by atoms with Crippen molar-refractivity contribution in [2.75, 3.05) is 0 Å². The van der Waals surface area contributed by atoms with Crippen molar-refractivity contribution in [2.45, 2.75) is 46.5 Å². The molecule has 0 unspecified atom stereocenters. The lowest BCUT2D eigenvalue weighted by Gasteiger charge is -2.00. The minimum Gasteiger partial charge on any atom is -0.478 e. The first-order valence-electron chi connectivity index (χ1n) is 5.48. The summed E-state index contributed by atoms with van der Waals surface area (Å²) in [6.45, 7) is 5.48.